The van der Waals surface area contributed by atoms with Gasteiger partial charge < -0.3 is 10.2 Å². The van der Waals surface area contributed by atoms with Crippen molar-refractivity contribution in [3.05, 3.63) is 22.8 Å². The number of nitrogens with zero attached hydrogens (tertiary/aromatic N) is 2. The van der Waals surface area contributed by atoms with Crippen LogP contribution in [0.3, 0.4) is 0 Å². The topological polar surface area (TPSA) is 45.2 Å². The average Bonchev–Trinajstić information content (AvgIpc) is 2.38. The number of rotatable bonds is 5. The molecule has 1 aromatic rings. The van der Waals surface area contributed by atoms with E-state index in [-0.39, 0.29) is 11.9 Å². The van der Waals surface area contributed by atoms with Crippen molar-refractivity contribution in [2.45, 2.75) is 13.0 Å². The summed E-state index contributed by atoms with van der Waals surface area (Å²) in [4.78, 5) is 18.2. The molecule has 1 rings (SSSR count). The summed E-state index contributed by atoms with van der Waals surface area (Å²) < 4.78 is 0. The van der Waals surface area contributed by atoms with Crippen molar-refractivity contribution in [2.75, 3.05) is 31.4 Å². The van der Waals surface area contributed by atoms with Crippen molar-refractivity contribution in [1.29, 1.82) is 0 Å². The molecule has 100 valence electrons. The zero-order valence-corrected chi connectivity index (χ0v) is 12.6. The second-order valence-electron chi connectivity index (χ2n) is 4.00. The highest BCUT2D eigenvalue weighted by atomic mass is 35.5. The van der Waals surface area contributed by atoms with E-state index in [1.807, 2.05) is 13.2 Å². The van der Waals surface area contributed by atoms with Crippen LogP contribution in [0, 0.1) is 0 Å². The van der Waals surface area contributed by atoms with Crippen LogP contribution in [-0.2, 0) is 0 Å². The number of hydrogen-bond acceptors (Lipinski definition) is 4. The Kier molecular flexibility index (Phi) is 5.75. The van der Waals surface area contributed by atoms with Crippen molar-refractivity contribution in [1.82, 2.24) is 9.88 Å². The molecule has 0 fully saturated rings. The minimum absolute atomic E-state index is 0.142. The van der Waals surface area contributed by atoms with Crippen LogP contribution in [0.4, 0.5) is 5.82 Å². The van der Waals surface area contributed by atoms with Gasteiger partial charge in [0.05, 0.1) is 5.02 Å². The SMILES string of the molecule is CNc1ccc(Cl)c(C(=O)N(C)C(C)CSC)n1. The highest BCUT2D eigenvalue weighted by Gasteiger charge is 2.21. The first-order valence-corrected chi connectivity index (χ1v) is 7.38. The number of aromatic nitrogens is 1. The van der Waals surface area contributed by atoms with Crippen LogP contribution < -0.4 is 5.32 Å². The van der Waals surface area contributed by atoms with E-state index in [4.69, 9.17) is 11.6 Å². The molecule has 1 heterocycles. The highest BCUT2D eigenvalue weighted by Crippen LogP contribution is 2.19. The summed E-state index contributed by atoms with van der Waals surface area (Å²) in [7, 11) is 3.53. The van der Waals surface area contributed by atoms with Gasteiger partial charge in [-0.2, -0.15) is 11.8 Å². The van der Waals surface area contributed by atoms with Crippen LogP contribution in [0.2, 0.25) is 5.02 Å². The van der Waals surface area contributed by atoms with Crippen molar-refractivity contribution in [3.63, 3.8) is 0 Å². The molecule has 1 unspecified atom stereocenters. The Bertz CT molecular complexity index is 428. The van der Waals surface area contributed by atoms with Gasteiger partial charge in [-0.25, -0.2) is 4.98 Å². The standard InChI is InChI=1S/C12H18ClN3OS/c1-8(7-18-4)16(3)12(17)11-9(13)5-6-10(14-2)15-11/h5-6,8H,7H2,1-4H3,(H,14,15). The van der Waals surface area contributed by atoms with E-state index in [2.05, 4.69) is 10.3 Å². The van der Waals surface area contributed by atoms with Crippen molar-refractivity contribution in [2.24, 2.45) is 0 Å². The molecule has 1 N–H and O–H groups in total. The lowest BCUT2D eigenvalue weighted by Gasteiger charge is -2.24. The fourth-order valence-corrected chi connectivity index (χ4v) is 2.34. The third-order valence-corrected chi connectivity index (χ3v) is 3.81. The van der Waals surface area contributed by atoms with Gasteiger partial charge in [-0.05, 0) is 25.3 Å². The largest absolute Gasteiger partial charge is 0.373 e. The molecule has 0 aromatic carbocycles. The molecule has 0 saturated carbocycles. The molecule has 1 atom stereocenters. The maximum Gasteiger partial charge on any atom is 0.274 e. The van der Waals surface area contributed by atoms with E-state index >= 15 is 0 Å². The molecule has 1 aromatic heterocycles. The van der Waals surface area contributed by atoms with Crippen molar-refractivity contribution < 1.29 is 4.79 Å². The molecule has 4 nitrogen and oxygen atoms in total. The third-order valence-electron chi connectivity index (χ3n) is 2.69. The lowest BCUT2D eigenvalue weighted by molar-refractivity contribution is 0.0752. The summed E-state index contributed by atoms with van der Waals surface area (Å²) in [5.74, 6) is 1.36. The van der Waals surface area contributed by atoms with E-state index in [9.17, 15) is 4.79 Å². The highest BCUT2D eigenvalue weighted by molar-refractivity contribution is 7.98. The Morgan fingerprint density at radius 3 is 2.83 bits per heavy atom. The van der Waals surface area contributed by atoms with Crippen LogP contribution in [-0.4, -0.2) is 47.9 Å². The van der Waals surface area contributed by atoms with Crippen LogP contribution in [0.1, 0.15) is 17.4 Å². The molecule has 1 amide bonds. The Balaban J connectivity index is 2.95. The van der Waals surface area contributed by atoms with Gasteiger partial charge in [0.2, 0.25) is 0 Å². The molecule has 0 aliphatic heterocycles. The number of hydrogen-bond donors (Lipinski definition) is 1. The molecule has 0 spiro atoms. The average molecular weight is 288 g/mol. The molecule has 0 radical (unpaired) electrons. The Hall–Kier alpha value is -0.940. The molecule has 0 saturated heterocycles. The van der Waals surface area contributed by atoms with Crippen molar-refractivity contribution in [3.8, 4) is 0 Å². The van der Waals surface area contributed by atoms with E-state index < -0.39 is 0 Å². The number of amides is 1. The van der Waals surface area contributed by atoms with E-state index in [1.54, 1.807) is 42.9 Å². The van der Waals surface area contributed by atoms with Gasteiger partial charge in [-0.3, -0.25) is 4.79 Å². The Labute approximate surface area is 117 Å². The number of carbonyl (C=O) groups excluding carboxylic acids is 1. The Morgan fingerprint density at radius 2 is 2.28 bits per heavy atom. The lowest BCUT2D eigenvalue weighted by atomic mass is 10.2. The van der Waals surface area contributed by atoms with Gasteiger partial charge in [0.15, 0.2) is 0 Å². The number of carbonyl (C=O) groups is 1. The summed E-state index contributed by atoms with van der Waals surface area (Å²) in [6.45, 7) is 2.00. The van der Waals surface area contributed by atoms with E-state index in [0.717, 1.165) is 5.75 Å². The number of anilines is 1. The van der Waals surface area contributed by atoms with Gasteiger partial charge in [0.25, 0.3) is 5.91 Å². The Morgan fingerprint density at radius 1 is 1.61 bits per heavy atom. The predicted octanol–water partition coefficient (Wildman–Crippen LogP) is 2.60. The number of halogens is 1. The van der Waals surface area contributed by atoms with Gasteiger partial charge in [-0.1, -0.05) is 11.6 Å². The second kappa shape index (κ2) is 6.85. The number of nitrogens with one attached hydrogen (secondary N) is 1. The number of thioether (sulfide) groups is 1. The predicted molar refractivity (Wildman–Crippen MR) is 78.7 cm³/mol. The molecule has 0 aliphatic carbocycles. The van der Waals surface area contributed by atoms with Gasteiger partial charge in [0.1, 0.15) is 11.5 Å². The summed E-state index contributed by atoms with van der Waals surface area (Å²) in [6, 6.07) is 3.56. The van der Waals surface area contributed by atoms with Gasteiger partial charge in [-0.15, -0.1) is 0 Å². The lowest BCUT2D eigenvalue weighted by Crippen LogP contribution is -2.37. The minimum Gasteiger partial charge on any atom is -0.373 e. The second-order valence-corrected chi connectivity index (χ2v) is 5.32. The van der Waals surface area contributed by atoms with Gasteiger partial charge in [0, 0.05) is 25.9 Å². The first-order chi connectivity index (χ1) is 8.51. The first-order valence-electron chi connectivity index (χ1n) is 5.61. The van der Waals surface area contributed by atoms with E-state index in [0.29, 0.717) is 16.5 Å². The quantitative estimate of drug-likeness (QED) is 0.904. The summed E-state index contributed by atoms with van der Waals surface area (Å²) in [6.07, 6.45) is 2.02. The molecular weight excluding hydrogens is 270 g/mol. The molecule has 6 heteroatoms. The summed E-state index contributed by atoms with van der Waals surface area (Å²) >= 11 is 7.73. The molecule has 0 bridgehead atoms. The molecule has 0 aliphatic rings. The zero-order valence-electron chi connectivity index (χ0n) is 11.0. The normalized spacial score (nSPS) is 12.1. The fourth-order valence-electron chi connectivity index (χ4n) is 1.45. The number of pyridine rings is 1. The van der Waals surface area contributed by atoms with Crippen LogP contribution in [0.15, 0.2) is 12.1 Å². The third kappa shape index (κ3) is 3.53. The monoisotopic (exact) mass is 287 g/mol. The van der Waals surface area contributed by atoms with Crippen molar-refractivity contribution >= 4 is 35.1 Å². The first kappa shape index (κ1) is 15.1. The fraction of sp³-hybridized carbons (Fsp3) is 0.500. The maximum atomic E-state index is 12.3. The molecular formula is C12H18ClN3OS. The van der Waals surface area contributed by atoms with Crippen LogP contribution in [0.5, 0.6) is 0 Å². The maximum absolute atomic E-state index is 12.3. The molecule has 18 heavy (non-hydrogen) atoms. The van der Waals surface area contributed by atoms with Crippen LogP contribution >= 0.6 is 23.4 Å². The van der Waals surface area contributed by atoms with Gasteiger partial charge >= 0.3 is 0 Å². The minimum atomic E-state index is -0.154. The zero-order chi connectivity index (χ0) is 13.7. The van der Waals surface area contributed by atoms with E-state index in [1.165, 1.54) is 0 Å². The smallest absolute Gasteiger partial charge is 0.274 e. The summed E-state index contributed by atoms with van der Waals surface area (Å²) in [5, 5.41) is 3.28. The van der Waals surface area contributed by atoms with Crippen LogP contribution in [0.25, 0.3) is 0 Å². The summed E-state index contributed by atoms with van der Waals surface area (Å²) in [5.41, 5.74) is 0.291.